The van der Waals surface area contributed by atoms with E-state index in [9.17, 15) is 4.79 Å². The fraction of sp³-hybridized carbons (Fsp3) is 0.571. The summed E-state index contributed by atoms with van der Waals surface area (Å²) in [4.78, 5) is 10.8. The Hall–Kier alpha value is -0.240. The highest BCUT2D eigenvalue weighted by atomic mass is 32.2. The summed E-state index contributed by atoms with van der Waals surface area (Å²) < 4.78 is 0. The Bertz CT molecular complexity index is 107. The number of carbonyl (C=O) groups is 1. The number of carbonyl (C=O) groups excluding carboxylic acids is 1. The second kappa shape index (κ2) is 4.62. The van der Waals surface area contributed by atoms with Crippen molar-refractivity contribution in [3.05, 3.63) is 12.7 Å². The van der Waals surface area contributed by atoms with E-state index in [2.05, 4.69) is 6.58 Å². The summed E-state index contributed by atoms with van der Waals surface area (Å²) in [6.45, 7) is 7.32. The highest BCUT2D eigenvalue weighted by Crippen LogP contribution is 2.09. The van der Waals surface area contributed by atoms with Crippen molar-refractivity contribution in [2.24, 2.45) is 5.92 Å². The minimum atomic E-state index is 0.148. The molecule has 0 fully saturated rings. The molecule has 0 heterocycles. The van der Waals surface area contributed by atoms with Crippen LogP contribution >= 0.6 is 11.8 Å². The topological polar surface area (TPSA) is 17.1 Å². The van der Waals surface area contributed by atoms with Crippen LogP contribution in [0, 0.1) is 5.92 Å². The van der Waals surface area contributed by atoms with Gasteiger partial charge in [-0.1, -0.05) is 31.7 Å². The second-order valence-electron chi connectivity index (χ2n) is 2.07. The van der Waals surface area contributed by atoms with Crippen LogP contribution in [0.15, 0.2) is 12.7 Å². The van der Waals surface area contributed by atoms with Gasteiger partial charge in [-0.3, -0.25) is 4.79 Å². The van der Waals surface area contributed by atoms with Gasteiger partial charge in [0.05, 0.1) is 0 Å². The molecule has 2 heteroatoms. The van der Waals surface area contributed by atoms with Crippen molar-refractivity contribution < 1.29 is 4.79 Å². The molecule has 0 aromatic heterocycles. The Morgan fingerprint density at radius 3 is 2.67 bits per heavy atom. The molecular formula is C7H12OS. The van der Waals surface area contributed by atoms with Crippen molar-refractivity contribution in [2.75, 3.05) is 5.75 Å². The van der Waals surface area contributed by atoms with E-state index in [0.29, 0.717) is 0 Å². The van der Waals surface area contributed by atoms with Gasteiger partial charge < -0.3 is 0 Å². The molecule has 0 atom stereocenters. The van der Waals surface area contributed by atoms with E-state index in [1.54, 1.807) is 6.08 Å². The van der Waals surface area contributed by atoms with Gasteiger partial charge >= 0.3 is 0 Å². The second-order valence-corrected chi connectivity index (χ2v) is 3.10. The highest BCUT2D eigenvalue weighted by Gasteiger charge is 2.04. The molecule has 1 nitrogen and oxygen atoms in total. The van der Waals surface area contributed by atoms with Crippen molar-refractivity contribution in [3.63, 3.8) is 0 Å². The molecule has 0 unspecified atom stereocenters. The Labute approximate surface area is 60.5 Å². The van der Waals surface area contributed by atoms with Crippen LogP contribution in [-0.4, -0.2) is 10.9 Å². The average molecular weight is 144 g/mol. The zero-order valence-electron chi connectivity index (χ0n) is 5.89. The Kier molecular flexibility index (Phi) is 4.50. The first kappa shape index (κ1) is 8.76. The Morgan fingerprint density at radius 2 is 2.33 bits per heavy atom. The maximum atomic E-state index is 10.8. The summed E-state index contributed by atoms with van der Waals surface area (Å²) in [5.74, 6) is 0.881. The number of rotatable bonds is 3. The van der Waals surface area contributed by atoms with Crippen LogP contribution in [0.5, 0.6) is 0 Å². The summed E-state index contributed by atoms with van der Waals surface area (Å²) >= 11 is 1.33. The summed E-state index contributed by atoms with van der Waals surface area (Å²) in [5, 5.41) is 0.245. The fourth-order valence-electron chi connectivity index (χ4n) is 0.308. The van der Waals surface area contributed by atoms with Crippen LogP contribution in [-0.2, 0) is 4.79 Å². The molecule has 0 aromatic carbocycles. The summed E-state index contributed by atoms with van der Waals surface area (Å²) in [7, 11) is 0. The van der Waals surface area contributed by atoms with Crippen molar-refractivity contribution in [3.8, 4) is 0 Å². The molecule has 0 saturated carbocycles. The monoisotopic (exact) mass is 144 g/mol. The van der Waals surface area contributed by atoms with Crippen molar-refractivity contribution >= 4 is 16.9 Å². The Morgan fingerprint density at radius 1 is 1.78 bits per heavy atom. The van der Waals surface area contributed by atoms with E-state index in [1.807, 2.05) is 13.8 Å². The first-order valence-corrected chi connectivity index (χ1v) is 3.94. The molecule has 0 spiro atoms. The van der Waals surface area contributed by atoms with Gasteiger partial charge in [0.15, 0.2) is 5.12 Å². The first-order chi connectivity index (χ1) is 4.18. The van der Waals surface area contributed by atoms with E-state index >= 15 is 0 Å². The highest BCUT2D eigenvalue weighted by molar-refractivity contribution is 8.13. The predicted molar refractivity (Wildman–Crippen MR) is 42.5 cm³/mol. The summed E-state index contributed by atoms with van der Waals surface area (Å²) in [6, 6.07) is 0. The van der Waals surface area contributed by atoms with Gasteiger partial charge in [0, 0.05) is 11.7 Å². The van der Waals surface area contributed by atoms with E-state index in [1.165, 1.54) is 11.8 Å². The SMILES string of the molecule is C=CCSC(=O)C(C)C. The largest absolute Gasteiger partial charge is 0.287 e. The van der Waals surface area contributed by atoms with Gasteiger partial charge in [0.2, 0.25) is 0 Å². The molecule has 0 aromatic rings. The van der Waals surface area contributed by atoms with Crippen LogP contribution in [0.25, 0.3) is 0 Å². The Balaban J connectivity index is 3.38. The van der Waals surface area contributed by atoms with Crippen molar-refractivity contribution in [1.29, 1.82) is 0 Å². The van der Waals surface area contributed by atoms with Crippen molar-refractivity contribution in [2.45, 2.75) is 13.8 Å². The van der Waals surface area contributed by atoms with Gasteiger partial charge in [-0.25, -0.2) is 0 Å². The van der Waals surface area contributed by atoms with Crippen LogP contribution in [0.2, 0.25) is 0 Å². The third-order valence-electron chi connectivity index (χ3n) is 0.815. The first-order valence-electron chi connectivity index (χ1n) is 2.96. The molecule has 0 bridgehead atoms. The lowest BCUT2D eigenvalue weighted by molar-refractivity contribution is -0.113. The van der Waals surface area contributed by atoms with E-state index in [-0.39, 0.29) is 11.0 Å². The van der Waals surface area contributed by atoms with Crippen LogP contribution in [0.3, 0.4) is 0 Å². The molecule has 0 N–H and O–H groups in total. The summed E-state index contributed by atoms with van der Waals surface area (Å²) in [6.07, 6.45) is 1.74. The lowest BCUT2D eigenvalue weighted by atomic mass is 10.3. The van der Waals surface area contributed by atoms with Crippen LogP contribution in [0.1, 0.15) is 13.8 Å². The molecule has 0 aliphatic heterocycles. The molecular weight excluding hydrogens is 132 g/mol. The smallest absolute Gasteiger partial charge is 0.191 e. The molecule has 0 amide bonds. The van der Waals surface area contributed by atoms with Gasteiger partial charge in [-0.15, -0.1) is 6.58 Å². The average Bonchev–Trinajstić information content (AvgIpc) is 1.82. The maximum Gasteiger partial charge on any atom is 0.191 e. The van der Waals surface area contributed by atoms with Crippen molar-refractivity contribution in [1.82, 2.24) is 0 Å². The number of hydrogen-bond donors (Lipinski definition) is 0. The molecule has 9 heavy (non-hydrogen) atoms. The van der Waals surface area contributed by atoms with Gasteiger partial charge in [0.25, 0.3) is 0 Å². The normalized spacial score (nSPS) is 9.67. The molecule has 0 rings (SSSR count). The molecule has 0 saturated heterocycles. The standard InChI is InChI=1S/C7H12OS/c1-4-5-9-7(8)6(2)3/h4,6H,1,5H2,2-3H3. The van der Waals surface area contributed by atoms with Gasteiger partial charge in [0.1, 0.15) is 0 Å². The lowest BCUT2D eigenvalue weighted by Gasteiger charge is -1.98. The van der Waals surface area contributed by atoms with Crippen LogP contribution < -0.4 is 0 Å². The third-order valence-corrected chi connectivity index (χ3v) is 1.97. The van der Waals surface area contributed by atoms with E-state index in [0.717, 1.165) is 5.75 Å². The summed E-state index contributed by atoms with van der Waals surface area (Å²) in [5.41, 5.74) is 0. The quantitative estimate of drug-likeness (QED) is 0.564. The van der Waals surface area contributed by atoms with E-state index in [4.69, 9.17) is 0 Å². The maximum absolute atomic E-state index is 10.8. The lowest BCUT2D eigenvalue weighted by Crippen LogP contribution is -2.01. The van der Waals surface area contributed by atoms with E-state index < -0.39 is 0 Å². The third kappa shape index (κ3) is 4.28. The molecule has 52 valence electrons. The minimum Gasteiger partial charge on any atom is -0.287 e. The fourth-order valence-corrected chi connectivity index (χ4v) is 0.923. The number of thioether (sulfide) groups is 1. The molecule has 0 radical (unpaired) electrons. The zero-order chi connectivity index (χ0) is 7.28. The zero-order valence-corrected chi connectivity index (χ0v) is 6.70. The molecule has 0 aliphatic rings. The van der Waals surface area contributed by atoms with Gasteiger partial charge in [-0.2, -0.15) is 0 Å². The van der Waals surface area contributed by atoms with Crippen LogP contribution in [0.4, 0.5) is 0 Å². The van der Waals surface area contributed by atoms with Gasteiger partial charge in [-0.05, 0) is 0 Å². The number of hydrogen-bond acceptors (Lipinski definition) is 2. The minimum absolute atomic E-state index is 0.148. The predicted octanol–water partition coefficient (Wildman–Crippen LogP) is 2.09. The molecule has 0 aliphatic carbocycles.